The molecule has 3 heterocycles. The molecule has 2 aromatic rings. The van der Waals surface area contributed by atoms with Crippen molar-refractivity contribution in [2.45, 2.75) is 31.7 Å². The first kappa shape index (κ1) is 14.2. The highest BCUT2D eigenvalue weighted by Crippen LogP contribution is 2.40. The van der Waals surface area contributed by atoms with Crippen molar-refractivity contribution in [1.82, 2.24) is 15.5 Å². The normalized spacial score (nSPS) is 24.0. The molecule has 6 nitrogen and oxygen atoms in total. The molecule has 1 amide bonds. The highest BCUT2D eigenvalue weighted by atomic mass is 16.5. The number of nitrogens with one attached hydrogen (secondary N) is 1. The molecule has 2 atom stereocenters. The van der Waals surface area contributed by atoms with E-state index in [0.717, 1.165) is 37.5 Å². The molecule has 0 radical (unpaired) electrons. The third-order valence-corrected chi connectivity index (χ3v) is 4.64. The Balaban J connectivity index is 1.40. The number of rotatable bonds is 4. The summed E-state index contributed by atoms with van der Waals surface area (Å²) in [6.07, 6.45) is 4.06. The van der Waals surface area contributed by atoms with Gasteiger partial charge in [0.25, 0.3) is 5.91 Å². The van der Waals surface area contributed by atoms with Crippen molar-refractivity contribution in [2.75, 3.05) is 18.0 Å². The standard InChI is InChI=1S/C17H20N4O2/c1-11-9-21(16-4-2-3-7-18-16)10-14(11)19-17(22)13-8-15(23-20-13)12-5-6-12/h2-4,7-8,11-12,14H,5-6,9-10H2,1H3,(H,19,22)/t11-,14+/m0/s1. The predicted molar refractivity (Wildman–Crippen MR) is 85.3 cm³/mol. The maximum absolute atomic E-state index is 12.4. The van der Waals surface area contributed by atoms with E-state index < -0.39 is 0 Å². The van der Waals surface area contributed by atoms with E-state index >= 15 is 0 Å². The van der Waals surface area contributed by atoms with Crippen LogP contribution in [0.1, 0.15) is 41.9 Å². The van der Waals surface area contributed by atoms with Gasteiger partial charge >= 0.3 is 0 Å². The molecule has 2 aliphatic rings. The van der Waals surface area contributed by atoms with E-state index in [9.17, 15) is 4.79 Å². The van der Waals surface area contributed by atoms with Crippen LogP contribution < -0.4 is 10.2 Å². The summed E-state index contributed by atoms with van der Waals surface area (Å²) in [7, 11) is 0. The highest BCUT2D eigenvalue weighted by Gasteiger charge is 2.33. The molecule has 0 spiro atoms. The van der Waals surface area contributed by atoms with E-state index in [1.165, 1.54) is 0 Å². The second-order valence-corrected chi connectivity index (χ2v) is 6.54. The molecule has 120 valence electrons. The minimum Gasteiger partial charge on any atom is -0.360 e. The Hall–Kier alpha value is -2.37. The van der Waals surface area contributed by atoms with Crippen molar-refractivity contribution in [2.24, 2.45) is 5.92 Å². The lowest BCUT2D eigenvalue weighted by molar-refractivity contribution is 0.0924. The van der Waals surface area contributed by atoms with Crippen LogP contribution in [0, 0.1) is 5.92 Å². The van der Waals surface area contributed by atoms with Gasteiger partial charge in [-0.25, -0.2) is 4.98 Å². The van der Waals surface area contributed by atoms with Gasteiger partial charge in [-0.05, 0) is 30.9 Å². The number of hydrogen-bond donors (Lipinski definition) is 1. The van der Waals surface area contributed by atoms with Gasteiger partial charge in [0, 0.05) is 31.3 Å². The van der Waals surface area contributed by atoms with Crippen molar-refractivity contribution in [3.63, 3.8) is 0 Å². The lowest BCUT2D eigenvalue weighted by atomic mass is 10.1. The Labute approximate surface area is 134 Å². The number of amides is 1. The zero-order valence-corrected chi connectivity index (χ0v) is 13.1. The molecule has 1 aliphatic carbocycles. The first-order chi connectivity index (χ1) is 11.2. The van der Waals surface area contributed by atoms with Gasteiger partial charge < -0.3 is 14.7 Å². The molecule has 2 aromatic heterocycles. The smallest absolute Gasteiger partial charge is 0.273 e. The maximum atomic E-state index is 12.4. The summed E-state index contributed by atoms with van der Waals surface area (Å²) in [6.45, 7) is 3.79. The van der Waals surface area contributed by atoms with Gasteiger partial charge in [-0.3, -0.25) is 4.79 Å². The maximum Gasteiger partial charge on any atom is 0.273 e. The molecule has 0 aromatic carbocycles. The first-order valence-corrected chi connectivity index (χ1v) is 8.14. The largest absolute Gasteiger partial charge is 0.360 e. The van der Waals surface area contributed by atoms with Crippen molar-refractivity contribution >= 4 is 11.7 Å². The fraction of sp³-hybridized carbons (Fsp3) is 0.471. The third kappa shape index (κ3) is 2.93. The third-order valence-electron chi connectivity index (χ3n) is 4.64. The van der Waals surface area contributed by atoms with Crippen LogP contribution in [0.5, 0.6) is 0 Å². The number of carbonyl (C=O) groups excluding carboxylic acids is 1. The summed E-state index contributed by atoms with van der Waals surface area (Å²) in [5, 5.41) is 7.00. The van der Waals surface area contributed by atoms with Crippen molar-refractivity contribution in [1.29, 1.82) is 0 Å². The molecule has 1 aliphatic heterocycles. The predicted octanol–water partition coefficient (Wildman–Crippen LogP) is 2.20. The minimum atomic E-state index is -0.152. The first-order valence-electron chi connectivity index (χ1n) is 8.14. The number of anilines is 1. The average Bonchev–Trinajstić information content (AvgIpc) is 3.18. The van der Waals surface area contributed by atoms with E-state index in [0.29, 0.717) is 17.5 Å². The van der Waals surface area contributed by atoms with Crippen LogP contribution in [-0.4, -0.2) is 35.2 Å². The van der Waals surface area contributed by atoms with Crippen LogP contribution in [0.25, 0.3) is 0 Å². The summed E-state index contributed by atoms with van der Waals surface area (Å²) in [6, 6.07) is 7.75. The number of nitrogens with zero attached hydrogens (tertiary/aromatic N) is 3. The molecule has 2 fully saturated rings. The van der Waals surface area contributed by atoms with E-state index in [2.05, 4.69) is 27.3 Å². The number of pyridine rings is 1. The van der Waals surface area contributed by atoms with E-state index in [1.54, 1.807) is 12.3 Å². The molecule has 1 saturated heterocycles. The van der Waals surface area contributed by atoms with Crippen molar-refractivity contribution < 1.29 is 9.32 Å². The zero-order chi connectivity index (χ0) is 15.8. The Kier molecular flexibility index (Phi) is 3.52. The lowest BCUT2D eigenvalue weighted by Gasteiger charge is -2.17. The Bertz CT molecular complexity index is 696. The monoisotopic (exact) mass is 312 g/mol. The number of aromatic nitrogens is 2. The topological polar surface area (TPSA) is 71.3 Å². The summed E-state index contributed by atoms with van der Waals surface area (Å²) < 4.78 is 5.26. The van der Waals surface area contributed by atoms with E-state index in [4.69, 9.17) is 4.52 Å². The molecule has 6 heteroatoms. The lowest BCUT2D eigenvalue weighted by Crippen LogP contribution is -2.40. The highest BCUT2D eigenvalue weighted by molar-refractivity contribution is 5.92. The number of hydrogen-bond acceptors (Lipinski definition) is 5. The quantitative estimate of drug-likeness (QED) is 0.937. The fourth-order valence-electron chi connectivity index (χ4n) is 3.08. The van der Waals surface area contributed by atoms with Gasteiger partial charge in [-0.1, -0.05) is 18.1 Å². The zero-order valence-electron chi connectivity index (χ0n) is 13.1. The van der Waals surface area contributed by atoms with Crippen LogP contribution in [0.3, 0.4) is 0 Å². The van der Waals surface area contributed by atoms with Crippen molar-refractivity contribution in [3.05, 3.63) is 41.9 Å². The van der Waals surface area contributed by atoms with Crippen LogP contribution in [-0.2, 0) is 0 Å². The minimum absolute atomic E-state index is 0.0885. The second-order valence-electron chi connectivity index (χ2n) is 6.54. The fourth-order valence-corrected chi connectivity index (χ4v) is 3.08. The number of carbonyl (C=O) groups is 1. The van der Waals surface area contributed by atoms with Crippen LogP contribution in [0.15, 0.2) is 35.0 Å². The van der Waals surface area contributed by atoms with Crippen molar-refractivity contribution in [3.8, 4) is 0 Å². The van der Waals surface area contributed by atoms with Gasteiger partial charge in [0.05, 0.1) is 6.04 Å². The summed E-state index contributed by atoms with van der Waals surface area (Å²) in [5.74, 6) is 2.46. The molecule has 1 saturated carbocycles. The molecule has 1 N–H and O–H groups in total. The summed E-state index contributed by atoms with van der Waals surface area (Å²) in [5.41, 5.74) is 0.385. The van der Waals surface area contributed by atoms with Crippen LogP contribution >= 0.6 is 0 Å². The SMILES string of the molecule is C[C@H]1CN(c2ccccn2)C[C@H]1NC(=O)c1cc(C2CC2)on1. The Morgan fingerprint density at radius 1 is 1.35 bits per heavy atom. The van der Waals surface area contributed by atoms with Gasteiger partial charge in [-0.15, -0.1) is 0 Å². The Morgan fingerprint density at radius 2 is 2.22 bits per heavy atom. The summed E-state index contributed by atoms with van der Waals surface area (Å²) >= 11 is 0. The van der Waals surface area contributed by atoms with Gasteiger partial charge in [-0.2, -0.15) is 0 Å². The molecule has 0 unspecified atom stereocenters. The van der Waals surface area contributed by atoms with Gasteiger partial charge in [0.15, 0.2) is 5.69 Å². The molecule has 4 rings (SSSR count). The molecular weight excluding hydrogens is 292 g/mol. The van der Waals surface area contributed by atoms with Crippen LogP contribution in [0.2, 0.25) is 0 Å². The molecule has 0 bridgehead atoms. The molecule has 23 heavy (non-hydrogen) atoms. The van der Waals surface area contributed by atoms with Gasteiger partial charge in [0.1, 0.15) is 11.6 Å². The second kappa shape index (κ2) is 5.68. The van der Waals surface area contributed by atoms with Gasteiger partial charge in [0.2, 0.25) is 0 Å². The Morgan fingerprint density at radius 3 is 2.96 bits per heavy atom. The van der Waals surface area contributed by atoms with E-state index in [-0.39, 0.29) is 11.9 Å². The average molecular weight is 312 g/mol. The van der Waals surface area contributed by atoms with Crippen LogP contribution in [0.4, 0.5) is 5.82 Å². The molecular formula is C17H20N4O2. The van der Waals surface area contributed by atoms with E-state index in [1.807, 2.05) is 18.2 Å². The summed E-state index contributed by atoms with van der Waals surface area (Å²) in [4.78, 5) is 19.0.